The van der Waals surface area contributed by atoms with Crippen molar-refractivity contribution in [1.82, 2.24) is 10.2 Å². The van der Waals surface area contributed by atoms with Crippen LogP contribution in [0, 0.1) is 0 Å². The summed E-state index contributed by atoms with van der Waals surface area (Å²) >= 11 is 0. The standard InChI is InChI=1S/C20H30N2O3/c23-19(9-14-25-18-7-3-1-4-8-18)21-17-20(10-5-2-6-11-20)22-12-15-24-16-13-22/h1,3-4,7-8H,2,5-6,9-17H2,(H,21,23). The second kappa shape index (κ2) is 9.20. The Morgan fingerprint density at radius 2 is 1.84 bits per heavy atom. The number of carbonyl (C=O) groups excluding carboxylic acids is 1. The van der Waals surface area contributed by atoms with Gasteiger partial charge >= 0.3 is 0 Å². The summed E-state index contributed by atoms with van der Waals surface area (Å²) in [6.07, 6.45) is 6.56. The average molecular weight is 346 g/mol. The van der Waals surface area contributed by atoms with E-state index >= 15 is 0 Å². The zero-order chi connectivity index (χ0) is 17.4. The number of nitrogens with zero attached hydrogens (tertiary/aromatic N) is 1. The minimum absolute atomic E-state index is 0.0779. The molecule has 0 atom stereocenters. The van der Waals surface area contributed by atoms with Crippen molar-refractivity contribution in [3.63, 3.8) is 0 Å². The van der Waals surface area contributed by atoms with Gasteiger partial charge in [0.25, 0.3) is 0 Å². The van der Waals surface area contributed by atoms with Gasteiger partial charge in [-0.25, -0.2) is 0 Å². The third-order valence-corrected chi connectivity index (χ3v) is 5.42. The van der Waals surface area contributed by atoms with Gasteiger partial charge in [-0.1, -0.05) is 37.5 Å². The number of hydrogen-bond acceptors (Lipinski definition) is 4. The van der Waals surface area contributed by atoms with Crippen LogP contribution >= 0.6 is 0 Å². The van der Waals surface area contributed by atoms with Gasteiger partial charge in [-0.3, -0.25) is 9.69 Å². The number of morpholine rings is 1. The predicted molar refractivity (Wildman–Crippen MR) is 97.8 cm³/mol. The Morgan fingerprint density at radius 1 is 1.12 bits per heavy atom. The number of rotatable bonds is 7. The van der Waals surface area contributed by atoms with E-state index in [2.05, 4.69) is 10.2 Å². The Hall–Kier alpha value is -1.59. The molecule has 1 heterocycles. The molecular weight excluding hydrogens is 316 g/mol. The van der Waals surface area contributed by atoms with Crippen LogP contribution in [0.25, 0.3) is 0 Å². The normalized spacial score (nSPS) is 20.8. The van der Waals surface area contributed by atoms with Crippen LogP contribution in [0.2, 0.25) is 0 Å². The van der Waals surface area contributed by atoms with Crippen molar-refractivity contribution in [2.45, 2.75) is 44.1 Å². The number of ether oxygens (including phenoxy) is 2. The lowest BCUT2D eigenvalue weighted by atomic mass is 9.79. The van der Waals surface area contributed by atoms with Gasteiger partial charge in [0.15, 0.2) is 0 Å². The van der Waals surface area contributed by atoms with Crippen LogP contribution in [-0.2, 0) is 9.53 Å². The smallest absolute Gasteiger partial charge is 0.223 e. The van der Waals surface area contributed by atoms with Gasteiger partial charge in [0.1, 0.15) is 5.75 Å². The second-order valence-electron chi connectivity index (χ2n) is 7.07. The molecular formula is C20H30N2O3. The van der Waals surface area contributed by atoms with Crippen LogP contribution in [0.1, 0.15) is 38.5 Å². The number of benzene rings is 1. The molecule has 1 saturated carbocycles. The highest BCUT2D eigenvalue weighted by atomic mass is 16.5. The maximum atomic E-state index is 12.3. The molecule has 5 heteroatoms. The highest BCUT2D eigenvalue weighted by Crippen LogP contribution is 2.33. The molecule has 1 aliphatic carbocycles. The third kappa shape index (κ3) is 5.19. The summed E-state index contributed by atoms with van der Waals surface area (Å²) in [5.41, 5.74) is 0.123. The van der Waals surface area contributed by atoms with E-state index in [1.54, 1.807) is 0 Å². The van der Waals surface area contributed by atoms with E-state index in [1.165, 1.54) is 32.1 Å². The van der Waals surface area contributed by atoms with Crippen molar-refractivity contribution in [2.75, 3.05) is 39.5 Å². The summed E-state index contributed by atoms with van der Waals surface area (Å²) in [7, 11) is 0. The monoisotopic (exact) mass is 346 g/mol. The summed E-state index contributed by atoms with van der Waals surface area (Å²) in [5, 5.41) is 3.18. The summed E-state index contributed by atoms with van der Waals surface area (Å²) < 4.78 is 11.1. The zero-order valence-electron chi connectivity index (χ0n) is 15.0. The van der Waals surface area contributed by atoms with Crippen molar-refractivity contribution >= 4 is 5.91 Å². The molecule has 0 spiro atoms. The van der Waals surface area contributed by atoms with E-state index in [4.69, 9.17) is 9.47 Å². The first-order chi connectivity index (χ1) is 12.3. The molecule has 1 saturated heterocycles. The lowest BCUT2D eigenvalue weighted by Gasteiger charge is -2.48. The van der Waals surface area contributed by atoms with Crippen LogP contribution in [0.5, 0.6) is 5.75 Å². The van der Waals surface area contributed by atoms with Gasteiger partial charge in [0, 0.05) is 25.2 Å². The molecule has 1 aromatic carbocycles. The highest BCUT2D eigenvalue weighted by molar-refractivity contribution is 5.76. The lowest BCUT2D eigenvalue weighted by Crippen LogP contribution is -2.59. The molecule has 1 amide bonds. The Kier molecular flexibility index (Phi) is 6.70. The quantitative estimate of drug-likeness (QED) is 0.824. The number of amides is 1. The van der Waals surface area contributed by atoms with Crippen LogP contribution in [-0.4, -0.2) is 55.8 Å². The largest absolute Gasteiger partial charge is 0.493 e. The number of para-hydroxylation sites is 1. The Morgan fingerprint density at radius 3 is 2.56 bits per heavy atom. The fourth-order valence-electron chi connectivity index (χ4n) is 3.98. The second-order valence-corrected chi connectivity index (χ2v) is 7.07. The molecule has 0 bridgehead atoms. The van der Waals surface area contributed by atoms with Gasteiger partial charge < -0.3 is 14.8 Å². The summed E-state index contributed by atoms with van der Waals surface area (Å²) in [5.74, 6) is 0.890. The van der Waals surface area contributed by atoms with Crippen molar-refractivity contribution in [2.24, 2.45) is 0 Å². The minimum atomic E-state index is 0.0779. The maximum Gasteiger partial charge on any atom is 0.223 e. The molecule has 0 aromatic heterocycles. The minimum Gasteiger partial charge on any atom is -0.493 e. The maximum absolute atomic E-state index is 12.3. The summed E-state index contributed by atoms with van der Waals surface area (Å²) in [4.78, 5) is 14.8. The molecule has 2 fully saturated rings. The fraction of sp³-hybridized carbons (Fsp3) is 0.650. The van der Waals surface area contributed by atoms with Gasteiger partial charge in [0.05, 0.1) is 26.2 Å². The van der Waals surface area contributed by atoms with Crippen LogP contribution in [0.4, 0.5) is 0 Å². The molecule has 0 radical (unpaired) electrons. The van der Waals surface area contributed by atoms with Crippen LogP contribution < -0.4 is 10.1 Å². The topological polar surface area (TPSA) is 50.8 Å². The van der Waals surface area contributed by atoms with Gasteiger partial charge in [-0.15, -0.1) is 0 Å². The van der Waals surface area contributed by atoms with Crippen LogP contribution in [0.15, 0.2) is 30.3 Å². The van der Waals surface area contributed by atoms with Crippen LogP contribution in [0.3, 0.4) is 0 Å². The molecule has 25 heavy (non-hydrogen) atoms. The van der Waals surface area contributed by atoms with E-state index in [-0.39, 0.29) is 11.4 Å². The Labute approximate surface area is 150 Å². The van der Waals surface area contributed by atoms with E-state index in [1.807, 2.05) is 30.3 Å². The van der Waals surface area contributed by atoms with Crippen molar-refractivity contribution in [3.05, 3.63) is 30.3 Å². The molecule has 5 nitrogen and oxygen atoms in total. The molecule has 1 N–H and O–H groups in total. The number of nitrogens with one attached hydrogen (secondary N) is 1. The first-order valence-electron chi connectivity index (χ1n) is 9.56. The number of hydrogen-bond donors (Lipinski definition) is 1. The van der Waals surface area contributed by atoms with E-state index in [0.29, 0.717) is 13.0 Å². The summed E-state index contributed by atoms with van der Waals surface area (Å²) in [6.45, 7) is 4.73. The zero-order valence-corrected chi connectivity index (χ0v) is 15.0. The molecule has 2 aliphatic rings. The predicted octanol–water partition coefficient (Wildman–Crippen LogP) is 2.61. The first-order valence-corrected chi connectivity index (χ1v) is 9.56. The van der Waals surface area contributed by atoms with E-state index in [9.17, 15) is 4.79 Å². The lowest BCUT2D eigenvalue weighted by molar-refractivity contribution is -0.122. The molecule has 1 aliphatic heterocycles. The van der Waals surface area contributed by atoms with E-state index < -0.39 is 0 Å². The average Bonchev–Trinajstić information content (AvgIpc) is 2.69. The van der Waals surface area contributed by atoms with Crippen molar-refractivity contribution in [1.29, 1.82) is 0 Å². The third-order valence-electron chi connectivity index (χ3n) is 5.42. The Balaban J connectivity index is 1.46. The molecule has 3 rings (SSSR count). The van der Waals surface area contributed by atoms with Gasteiger partial charge in [0.2, 0.25) is 5.91 Å². The molecule has 0 unspecified atom stereocenters. The first kappa shape index (κ1) is 18.2. The SMILES string of the molecule is O=C(CCOc1ccccc1)NCC1(N2CCOCC2)CCCCC1. The van der Waals surface area contributed by atoms with Crippen molar-refractivity contribution < 1.29 is 14.3 Å². The summed E-state index contributed by atoms with van der Waals surface area (Å²) in [6, 6.07) is 9.64. The number of carbonyl (C=O) groups is 1. The van der Waals surface area contributed by atoms with Gasteiger partial charge in [-0.2, -0.15) is 0 Å². The van der Waals surface area contributed by atoms with Gasteiger partial charge in [-0.05, 0) is 25.0 Å². The van der Waals surface area contributed by atoms with Crippen molar-refractivity contribution in [3.8, 4) is 5.75 Å². The fourth-order valence-corrected chi connectivity index (χ4v) is 3.98. The molecule has 1 aromatic rings. The van der Waals surface area contributed by atoms with E-state index in [0.717, 1.165) is 38.6 Å². The Bertz CT molecular complexity index is 523. The molecule has 138 valence electrons. The highest BCUT2D eigenvalue weighted by Gasteiger charge is 2.38.